The van der Waals surface area contributed by atoms with Gasteiger partial charge in [0.05, 0.1) is 12.7 Å². The van der Waals surface area contributed by atoms with E-state index >= 15 is 0 Å². The highest BCUT2D eigenvalue weighted by Gasteiger charge is 2.19. The number of hydrogen-bond acceptors (Lipinski definition) is 2. The zero-order chi connectivity index (χ0) is 11.8. The normalized spacial score (nSPS) is 25.6. The zero-order valence-corrected chi connectivity index (χ0v) is 10.9. The SMILES string of the molecule is C=C(CNCCC)COC1CCCC(C)C1. The topological polar surface area (TPSA) is 21.3 Å². The fourth-order valence-corrected chi connectivity index (χ4v) is 2.26. The number of nitrogens with one attached hydrogen (secondary N) is 1. The molecule has 1 aliphatic rings. The Kier molecular flexibility index (Phi) is 6.74. The number of hydrogen-bond donors (Lipinski definition) is 1. The molecule has 1 fully saturated rings. The van der Waals surface area contributed by atoms with E-state index in [0.29, 0.717) is 6.10 Å². The third kappa shape index (κ3) is 5.66. The van der Waals surface area contributed by atoms with Crippen molar-refractivity contribution in [1.82, 2.24) is 5.32 Å². The van der Waals surface area contributed by atoms with Crippen LogP contribution >= 0.6 is 0 Å². The molecule has 0 radical (unpaired) electrons. The van der Waals surface area contributed by atoms with Gasteiger partial charge in [-0.3, -0.25) is 0 Å². The second-order valence-corrected chi connectivity index (χ2v) is 5.13. The second kappa shape index (κ2) is 7.86. The quantitative estimate of drug-likeness (QED) is 0.531. The summed E-state index contributed by atoms with van der Waals surface area (Å²) in [5.41, 5.74) is 1.17. The summed E-state index contributed by atoms with van der Waals surface area (Å²) in [5.74, 6) is 0.838. The summed E-state index contributed by atoms with van der Waals surface area (Å²) in [4.78, 5) is 0. The first-order valence-corrected chi connectivity index (χ1v) is 6.71. The Labute approximate surface area is 100 Å². The smallest absolute Gasteiger partial charge is 0.0690 e. The molecule has 0 aromatic heterocycles. The first-order chi connectivity index (χ1) is 7.72. The highest BCUT2D eigenvalue weighted by atomic mass is 16.5. The molecule has 1 aliphatic carbocycles. The van der Waals surface area contributed by atoms with Crippen LogP contribution in [0, 0.1) is 5.92 Å². The van der Waals surface area contributed by atoms with Crippen molar-refractivity contribution in [3.05, 3.63) is 12.2 Å². The van der Waals surface area contributed by atoms with Crippen molar-refractivity contribution in [1.29, 1.82) is 0 Å². The van der Waals surface area contributed by atoms with E-state index in [-0.39, 0.29) is 0 Å². The molecule has 1 rings (SSSR count). The Morgan fingerprint density at radius 2 is 2.25 bits per heavy atom. The van der Waals surface area contributed by atoms with Gasteiger partial charge in [0.2, 0.25) is 0 Å². The fourth-order valence-electron chi connectivity index (χ4n) is 2.26. The minimum atomic E-state index is 0.478. The van der Waals surface area contributed by atoms with E-state index in [1.807, 2.05) is 0 Å². The van der Waals surface area contributed by atoms with Crippen LogP contribution in [0.2, 0.25) is 0 Å². The predicted octanol–water partition coefficient (Wildman–Crippen LogP) is 3.14. The van der Waals surface area contributed by atoms with Gasteiger partial charge >= 0.3 is 0 Å². The molecule has 0 saturated heterocycles. The van der Waals surface area contributed by atoms with Crippen molar-refractivity contribution < 1.29 is 4.74 Å². The Bertz CT molecular complexity index is 203. The van der Waals surface area contributed by atoms with Gasteiger partial charge in [-0.15, -0.1) is 0 Å². The van der Waals surface area contributed by atoms with E-state index in [9.17, 15) is 0 Å². The molecule has 1 saturated carbocycles. The van der Waals surface area contributed by atoms with E-state index in [1.165, 1.54) is 37.7 Å². The first-order valence-electron chi connectivity index (χ1n) is 6.71. The van der Waals surface area contributed by atoms with Crippen molar-refractivity contribution in [2.45, 2.75) is 52.1 Å². The Balaban J connectivity index is 2.06. The molecule has 0 aliphatic heterocycles. The van der Waals surface area contributed by atoms with Gasteiger partial charge in [-0.25, -0.2) is 0 Å². The van der Waals surface area contributed by atoms with Gasteiger partial charge in [-0.05, 0) is 37.3 Å². The van der Waals surface area contributed by atoms with Gasteiger partial charge in [0.15, 0.2) is 0 Å². The largest absolute Gasteiger partial charge is 0.374 e. The summed E-state index contributed by atoms with van der Waals surface area (Å²) in [5, 5.41) is 3.35. The fraction of sp³-hybridized carbons (Fsp3) is 0.857. The third-order valence-corrected chi connectivity index (χ3v) is 3.21. The molecule has 0 bridgehead atoms. The average Bonchev–Trinajstić information content (AvgIpc) is 2.27. The minimum absolute atomic E-state index is 0.478. The van der Waals surface area contributed by atoms with Crippen molar-refractivity contribution in [2.24, 2.45) is 5.92 Å². The third-order valence-electron chi connectivity index (χ3n) is 3.21. The van der Waals surface area contributed by atoms with Gasteiger partial charge in [0.25, 0.3) is 0 Å². The summed E-state index contributed by atoms with van der Waals surface area (Å²) >= 11 is 0. The maximum atomic E-state index is 5.91. The van der Waals surface area contributed by atoms with Crippen LogP contribution in [0.3, 0.4) is 0 Å². The summed E-state index contributed by atoms with van der Waals surface area (Å²) in [6.07, 6.45) is 6.82. The molecular formula is C14H27NO. The lowest BCUT2D eigenvalue weighted by Gasteiger charge is -2.27. The Morgan fingerprint density at radius 3 is 2.94 bits per heavy atom. The highest BCUT2D eigenvalue weighted by Crippen LogP contribution is 2.25. The van der Waals surface area contributed by atoms with Gasteiger partial charge in [0.1, 0.15) is 0 Å². The van der Waals surface area contributed by atoms with Gasteiger partial charge in [0, 0.05) is 6.54 Å². The van der Waals surface area contributed by atoms with Crippen molar-refractivity contribution >= 4 is 0 Å². The molecular weight excluding hydrogens is 198 g/mol. The zero-order valence-electron chi connectivity index (χ0n) is 10.9. The molecule has 2 heteroatoms. The molecule has 0 heterocycles. The minimum Gasteiger partial charge on any atom is -0.374 e. The standard InChI is InChI=1S/C14H27NO/c1-4-8-15-10-13(3)11-16-14-7-5-6-12(2)9-14/h12,14-15H,3-11H2,1-2H3. The van der Waals surface area contributed by atoms with E-state index < -0.39 is 0 Å². The lowest BCUT2D eigenvalue weighted by atomic mass is 9.89. The maximum Gasteiger partial charge on any atom is 0.0690 e. The number of rotatable bonds is 7. The van der Waals surface area contributed by atoms with Crippen molar-refractivity contribution in [3.63, 3.8) is 0 Å². The highest BCUT2D eigenvalue weighted by molar-refractivity contribution is 4.97. The van der Waals surface area contributed by atoms with Crippen LogP contribution in [0.5, 0.6) is 0 Å². The van der Waals surface area contributed by atoms with E-state index in [0.717, 1.165) is 25.6 Å². The monoisotopic (exact) mass is 225 g/mol. The lowest BCUT2D eigenvalue weighted by molar-refractivity contribution is 0.0281. The van der Waals surface area contributed by atoms with Crippen molar-refractivity contribution in [2.75, 3.05) is 19.7 Å². The van der Waals surface area contributed by atoms with Gasteiger partial charge in [-0.2, -0.15) is 0 Å². The van der Waals surface area contributed by atoms with E-state index in [1.54, 1.807) is 0 Å². The molecule has 94 valence electrons. The molecule has 0 aromatic rings. The van der Waals surface area contributed by atoms with Gasteiger partial charge in [-0.1, -0.05) is 33.3 Å². The predicted molar refractivity (Wildman–Crippen MR) is 69.7 cm³/mol. The summed E-state index contributed by atoms with van der Waals surface area (Å²) in [6, 6.07) is 0. The first kappa shape index (κ1) is 13.7. The molecule has 2 unspecified atom stereocenters. The van der Waals surface area contributed by atoms with Crippen molar-refractivity contribution in [3.8, 4) is 0 Å². The Morgan fingerprint density at radius 1 is 1.44 bits per heavy atom. The molecule has 2 nitrogen and oxygen atoms in total. The molecule has 0 aromatic carbocycles. The van der Waals surface area contributed by atoms with Crippen LogP contribution in [0.25, 0.3) is 0 Å². The van der Waals surface area contributed by atoms with Crippen LogP contribution in [-0.4, -0.2) is 25.8 Å². The lowest BCUT2D eigenvalue weighted by Crippen LogP contribution is -2.25. The second-order valence-electron chi connectivity index (χ2n) is 5.13. The van der Waals surface area contributed by atoms with Crippen LogP contribution in [0.4, 0.5) is 0 Å². The van der Waals surface area contributed by atoms with E-state index in [4.69, 9.17) is 4.74 Å². The van der Waals surface area contributed by atoms with Crippen LogP contribution in [-0.2, 0) is 4.74 Å². The van der Waals surface area contributed by atoms with Crippen LogP contribution < -0.4 is 5.32 Å². The van der Waals surface area contributed by atoms with Crippen LogP contribution in [0.15, 0.2) is 12.2 Å². The molecule has 2 atom stereocenters. The number of ether oxygens (including phenoxy) is 1. The summed E-state index contributed by atoms with van der Waals surface area (Å²) in [7, 11) is 0. The maximum absolute atomic E-state index is 5.91. The van der Waals surface area contributed by atoms with Gasteiger partial charge < -0.3 is 10.1 Å². The molecule has 0 spiro atoms. The summed E-state index contributed by atoms with van der Waals surface area (Å²) < 4.78 is 5.91. The summed E-state index contributed by atoms with van der Waals surface area (Å²) in [6.45, 7) is 11.2. The van der Waals surface area contributed by atoms with Crippen LogP contribution in [0.1, 0.15) is 46.0 Å². The molecule has 0 amide bonds. The molecule has 16 heavy (non-hydrogen) atoms. The molecule has 1 N–H and O–H groups in total. The average molecular weight is 225 g/mol. The van der Waals surface area contributed by atoms with E-state index in [2.05, 4.69) is 25.7 Å². The Hall–Kier alpha value is -0.340.